The quantitative estimate of drug-likeness (QED) is 0.384. The maximum Gasteiger partial charge on any atom is 0.325 e. The molecule has 9 nitrogen and oxygen atoms in total. The Hall–Kier alpha value is -3.24. The summed E-state index contributed by atoms with van der Waals surface area (Å²) in [5, 5.41) is 15.6. The Bertz CT molecular complexity index is 986. The number of benzene rings is 2. The van der Waals surface area contributed by atoms with E-state index >= 15 is 0 Å². The van der Waals surface area contributed by atoms with Crippen LogP contribution in [0.15, 0.2) is 36.4 Å². The molecule has 0 saturated heterocycles. The second kappa shape index (κ2) is 9.80. The summed E-state index contributed by atoms with van der Waals surface area (Å²) in [5.41, 5.74) is -0.771. The second-order valence-electron chi connectivity index (χ2n) is 5.44. The first-order chi connectivity index (χ1) is 13.7. The molecule has 0 aliphatic heterocycles. The Labute approximate surface area is 172 Å². The van der Waals surface area contributed by atoms with Gasteiger partial charge in [0.15, 0.2) is 6.61 Å². The number of amides is 2. The molecule has 0 aromatic heterocycles. The zero-order chi connectivity index (χ0) is 21.6. The number of carbonyl (C=O) groups is 3. The van der Waals surface area contributed by atoms with Crippen molar-refractivity contribution in [2.24, 2.45) is 0 Å². The third-order valence-corrected chi connectivity index (χ3v) is 3.91. The summed E-state index contributed by atoms with van der Waals surface area (Å²) in [5.74, 6) is -3.43. The Morgan fingerprint density at radius 3 is 2.52 bits per heavy atom. The van der Waals surface area contributed by atoms with Crippen LogP contribution in [-0.4, -0.2) is 35.9 Å². The lowest BCUT2D eigenvalue weighted by molar-refractivity contribution is -0.387. The van der Waals surface area contributed by atoms with Crippen LogP contribution < -0.4 is 10.6 Å². The Morgan fingerprint density at radius 2 is 1.86 bits per heavy atom. The average Bonchev–Trinajstić information content (AvgIpc) is 2.65. The van der Waals surface area contributed by atoms with E-state index in [2.05, 4.69) is 15.4 Å². The lowest BCUT2D eigenvalue weighted by Gasteiger charge is -2.08. The highest BCUT2D eigenvalue weighted by Gasteiger charge is 2.16. The first kappa shape index (κ1) is 22.1. The van der Waals surface area contributed by atoms with Gasteiger partial charge >= 0.3 is 11.7 Å². The fourth-order valence-electron chi connectivity index (χ4n) is 2.05. The molecule has 0 aliphatic rings. The van der Waals surface area contributed by atoms with Gasteiger partial charge in [-0.15, -0.1) is 0 Å². The number of nitrogens with one attached hydrogen (secondary N) is 2. The molecule has 2 rings (SSSR count). The third kappa shape index (κ3) is 6.40. The van der Waals surface area contributed by atoms with Gasteiger partial charge in [-0.05, 0) is 30.3 Å². The van der Waals surface area contributed by atoms with E-state index in [1.807, 2.05) is 0 Å². The Kier molecular flexibility index (Phi) is 7.46. The lowest BCUT2D eigenvalue weighted by atomic mass is 10.2. The first-order valence-corrected chi connectivity index (χ1v) is 8.55. The molecule has 0 unspecified atom stereocenters. The van der Waals surface area contributed by atoms with Crippen molar-refractivity contribution in [2.45, 2.75) is 0 Å². The van der Waals surface area contributed by atoms with Gasteiger partial charge in [-0.2, -0.15) is 4.39 Å². The number of halogens is 3. The number of nitrogens with zero attached hydrogens (tertiary/aromatic N) is 1. The SMILES string of the molecule is O=C(COC(=O)CNC(=O)c1ccc(Cl)cc1Cl)Nc1ccc(F)c([N+](=O)[O-])c1. The normalized spacial score (nSPS) is 10.2. The molecule has 0 atom stereocenters. The van der Waals surface area contributed by atoms with Crippen LogP contribution in [0.2, 0.25) is 10.0 Å². The van der Waals surface area contributed by atoms with Crippen molar-refractivity contribution >= 4 is 52.4 Å². The Balaban J connectivity index is 1.81. The highest BCUT2D eigenvalue weighted by molar-refractivity contribution is 6.36. The largest absolute Gasteiger partial charge is 0.454 e. The van der Waals surface area contributed by atoms with E-state index in [1.165, 1.54) is 18.2 Å². The third-order valence-electron chi connectivity index (χ3n) is 3.36. The van der Waals surface area contributed by atoms with Gasteiger partial charge in [-0.25, -0.2) is 0 Å². The molecule has 0 aliphatic carbocycles. The van der Waals surface area contributed by atoms with Crippen LogP contribution in [0.5, 0.6) is 0 Å². The van der Waals surface area contributed by atoms with E-state index < -0.39 is 47.4 Å². The number of ether oxygens (including phenoxy) is 1. The maximum absolute atomic E-state index is 13.3. The molecule has 0 bridgehead atoms. The summed E-state index contributed by atoms with van der Waals surface area (Å²) in [6.45, 7) is -1.26. The molecular weight excluding hydrogens is 432 g/mol. The van der Waals surface area contributed by atoms with Crippen LogP contribution in [0.25, 0.3) is 0 Å². The molecule has 0 radical (unpaired) electrons. The smallest absolute Gasteiger partial charge is 0.325 e. The van der Waals surface area contributed by atoms with Crippen LogP contribution in [0, 0.1) is 15.9 Å². The summed E-state index contributed by atoms with van der Waals surface area (Å²) < 4.78 is 17.9. The minimum absolute atomic E-state index is 0.0511. The minimum atomic E-state index is -1.06. The molecule has 2 aromatic rings. The topological polar surface area (TPSA) is 128 Å². The number of nitro groups is 1. The van der Waals surface area contributed by atoms with E-state index in [0.29, 0.717) is 5.02 Å². The number of nitro benzene ring substituents is 1. The van der Waals surface area contributed by atoms with Gasteiger partial charge < -0.3 is 15.4 Å². The summed E-state index contributed by atoms with van der Waals surface area (Å²) in [4.78, 5) is 45.1. The van der Waals surface area contributed by atoms with Crippen molar-refractivity contribution in [1.29, 1.82) is 0 Å². The molecule has 0 heterocycles. The zero-order valence-corrected chi connectivity index (χ0v) is 15.9. The van der Waals surface area contributed by atoms with Gasteiger partial charge in [-0.1, -0.05) is 23.2 Å². The fraction of sp³-hybridized carbons (Fsp3) is 0.118. The molecule has 2 aromatic carbocycles. The Morgan fingerprint density at radius 1 is 1.14 bits per heavy atom. The van der Waals surface area contributed by atoms with Crippen LogP contribution in [0.4, 0.5) is 15.8 Å². The second-order valence-corrected chi connectivity index (χ2v) is 6.28. The van der Waals surface area contributed by atoms with Crippen LogP contribution in [0.3, 0.4) is 0 Å². The number of hydrogen-bond acceptors (Lipinski definition) is 6. The number of esters is 1. The summed E-state index contributed by atoms with van der Waals surface area (Å²) in [7, 11) is 0. The molecule has 2 N–H and O–H groups in total. The predicted octanol–water partition coefficient (Wildman–Crippen LogP) is 2.95. The molecule has 0 spiro atoms. The van der Waals surface area contributed by atoms with Gasteiger partial charge in [-0.3, -0.25) is 24.5 Å². The van der Waals surface area contributed by atoms with E-state index in [0.717, 1.165) is 18.2 Å². The highest BCUT2D eigenvalue weighted by Crippen LogP contribution is 2.22. The van der Waals surface area contributed by atoms with Crippen LogP contribution in [0.1, 0.15) is 10.4 Å². The van der Waals surface area contributed by atoms with Crippen molar-refractivity contribution < 1.29 is 28.4 Å². The van der Waals surface area contributed by atoms with Crippen molar-refractivity contribution in [3.05, 3.63) is 67.9 Å². The molecule has 0 saturated carbocycles. The van der Waals surface area contributed by atoms with Gasteiger partial charge in [0.2, 0.25) is 5.82 Å². The molecular formula is C17H12Cl2FN3O6. The number of anilines is 1. The minimum Gasteiger partial charge on any atom is -0.454 e. The van der Waals surface area contributed by atoms with E-state index in [4.69, 9.17) is 23.2 Å². The fourth-order valence-corrected chi connectivity index (χ4v) is 2.54. The monoisotopic (exact) mass is 443 g/mol. The summed E-state index contributed by atoms with van der Waals surface area (Å²) >= 11 is 11.6. The van der Waals surface area contributed by atoms with E-state index in [1.54, 1.807) is 0 Å². The highest BCUT2D eigenvalue weighted by atomic mass is 35.5. The molecule has 152 valence electrons. The molecule has 29 heavy (non-hydrogen) atoms. The number of carbonyl (C=O) groups excluding carboxylic acids is 3. The van der Waals surface area contributed by atoms with Gasteiger partial charge in [0, 0.05) is 16.8 Å². The van der Waals surface area contributed by atoms with Gasteiger partial charge in [0.1, 0.15) is 6.54 Å². The van der Waals surface area contributed by atoms with Crippen molar-refractivity contribution in [1.82, 2.24) is 5.32 Å². The first-order valence-electron chi connectivity index (χ1n) is 7.80. The van der Waals surface area contributed by atoms with Gasteiger partial charge in [0.25, 0.3) is 11.8 Å². The number of rotatable bonds is 7. The molecule has 0 fully saturated rings. The van der Waals surface area contributed by atoms with Gasteiger partial charge in [0.05, 0.1) is 15.5 Å². The zero-order valence-electron chi connectivity index (χ0n) is 14.4. The van der Waals surface area contributed by atoms with Crippen molar-refractivity contribution in [2.75, 3.05) is 18.5 Å². The predicted molar refractivity (Wildman–Crippen MR) is 101 cm³/mol. The van der Waals surface area contributed by atoms with E-state index in [-0.39, 0.29) is 16.3 Å². The van der Waals surface area contributed by atoms with Crippen LogP contribution in [-0.2, 0) is 14.3 Å². The molecule has 12 heteroatoms. The summed E-state index contributed by atoms with van der Waals surface area (Å²) in [6, 6.07) is 6.94. The van der Waals surface area contributed by atoms with Crippen LogP contribution >= 0.6 is 23.2 Å². The maximum atomic E-state index is 13.3. The average molecular weight is 444 g/mol. The molecule has 2 amide bonds. The van der Waals surface area contributed by atoms with Crippen molar-refractivity contribution in [3.8, 4) is 0 Å². The summed E-state index contributed by atoms with van der Waals surface area (Å²) in [6.07, 6.45) is 0. The van der Waals surface area contributed by atoms with Crippen molar-refractivity contribution in [3.63, 3.8) is 0 Å². The lowest BCUT2D eigenvalue weighted by Crippen LogP contribution is -2.32. The van der Waals surface area contributed by atoms with E-state index in [9.17, 15) is 28.9 Å². The number of hydrogen-bond donors (Lipinski definition) is 2. The standard InChI is InChI=1S/C17H12Cl2FN3O6/c18-9-1-3-11(12(19)5-9)17(26)21-7-16(25)29-8-15(24)22-10-2-4-13(20)14(6-10)23(27)28/h1-6H,7-8H2,(H,21,26)(H,22,24).